The minimum Gasteiger partial charge on any atom is -0.481 e. The minimum atomic E-state index is -0.841. The highest BCUT2D eigenvalue weighted by Crippen LogP contribution is 2.05. The van der Waals surface area contributed by atoms with Gasteiger partial charge >= 0.3 is 5.97 Å². The maximum Gasteiger partial charge on any atom is 0.303 e. The lowest BCUT2D eigenvalue weighted by Gasteiger charge is -2.13. The average molecular weight is 253 g/mol. The molecule has 0 heterocycles. The van der Waals surface area contributed by atoms with Crippen LogP contribution in [0.5, 0.6) is 0 Å². The lowest BCUT2D eigenvalue weighted by atomic mass is 10.1. The predicted octanol–water partition coefficient (Wildman–Crippen LogP) is 2.20. The van der Waals surface area contributed by atoms with Crippen LogP contribution in [0.1, 0.15) is 36.5 Å². The van der Waals surface area contributed by atoms with Crippen molar-refractivity contribution in [1.82, 2.24) is 5.32 Å². The number of carboxylic acid groups (broad SMARTS) is 1. The largest absolute Gasteiger partial charge is 0.481 e. The number of halogens is 1. The van der Waals surface area contributed by atoms with Crippen molar-refractivity contribution in [1.29, 1.82) is 0 Å². The molecule has 2 N–H and O–H groups in total. The Morgan fingerprint density at radius 3 is 2.50 bits per heavy atom. The van der Waals surface area contributed by atoms with Gasteiger partial charge in [0, 0.05) is 18.0 Å². The van der Waals surface area contributed by atoms with Crippen LogP contribution in [0, 0.1) is 5.82 Å². The van der Waals surface area contributed by atoms with Crippen molar-refractivity contribution in [2.45, 2.75) is 32.2 Å². The van der Waals surface area contributed by atoms with E-state index in [1.807, 2.05) is 6.92 Å². The van der Waals surface area contributed by atoms with Crippen molar-refractivity contribution in [2.24, 2.45) is 0 Å². The number of rotatable bonds is 6. The van der Waals surface area contributed by atoms with Gasteiger partial charge in [0.25, 0.3) is 5.91 Å². The van der Waals surface area contributed by atoms with Gasteiger partial charge in [0.2, 0.25) is 0 Å². The number of carbonyl (C=O) groups is 2. The third-order valence-corrected chi connectivity index (χ3v) is 2.51. The normalized spacial score (nSPS) is 11.9. The molecule has 98 valence electrons. The van der Waals surface area contributed by atoms with Crippen molar-refractivity contribution >= 4 is 11.9 Å². The first-order chi connectivity index (χ1) is 8.49. The van der Waals surface area contributed by atoms with E-state index < -0.39 is 5.97 Å². The molecule has 0 fully saturated rings. The van der Waals surface area contributed by atoms with Crippen molar-refractivity contribution in [2.75, 3.05) is 0 Å². The third kappa shape index (κ3) is 4.95. The first-order valence-electron chi connectivity index (χ1n) is 5.77. The van der Waals surface area contributed by atoms with E-state index in [0.717, 1.165) is 0 Å². The summed E-state index contributed by atoms with van der Waals surface area (Å²) in [4.78, 5) is 22.0. The van der Waals surface area contributed by atoms with Crippen LogP contribution in [0.4, 0.5) is 4.39 Å². The summed E-state index contributed by atoms with van der Waals surface area (Å²) >= 11 is 0. The van der Waals surface area contributed by atoms with E-state index in [1.165, 1.54) is 24.3 Å². The molecule has 0 saturated carbocycles. The van der Waals surface area contributed by atoms with Crippen molar-refractivity contribution in [3.63, 3.8) is 0 Å². The molecule has 18 heavy (non-hydrogen) atoms. The monoisotopic (exact) mass is 253 g/mol. The van der Waals surface area contributed by atoms with Crippen molar-refractivity contribution < 1.29 is 19.1 Å². The molecule has 1 amide bonds. The molecule has 0 aliphatic heterocycles. The van der Waals surface area contributed by atoms with Gasteiger partial charge in [-0.25, -0.2) is 4.39 Å². The fourth-order valence-electron chi connectivity index (χ4n) is 1.54. The highest BCUT2D eigenvalue weighted by Gasteiger charge is 2.10. The molecule has 0 spiro atoms. The fourth-order valence-corrected chi connectivity index (χ4v) is 1.54. The van der Waals surface area contributed by atoms with Crippen LogP contribution in [0.15, 0.2) is 24.3 Å². The Hall–Kier alpha value is -1.91. The number of hydrogen-bond acceptors (Lipinski definition) is 2. The fraction of sp³-hybridized carbons (Fsp3) is 0.385. The molecule has 1 aromatic carbocycles. The van der Waals surface area contributed by atoms with Gasteiger partial charge in [-0.05, 0) is 44.0 Å². The van der Waals surface area contributed by atoms with E-state index in [4.69, 9.17) is 5.11 Å². The molecule has 1 unspecified atom stereocenters. The van der Waals surface area contributed by atoms with E-state index in [2.05, 4.69) is 5.32 Å². The van der Waals surface area contributed by atoms with Gasteiger partial charge in [-0.1, -0.05) is 0 Å². The number of nitrogens with one attached hydrogen (secondary N) is 1. The molecule has 0 aliphatic rings. The van der Waals surface area contributed by atoms with Crippen LogP contribution in [0.25, 0.3) is 0 Å². The number of benzene rings is 1. The topological polar surface area (TPSA) is 66.4 Å². The molecule has 4 nitrogen and oxygen atoms in total. The summed E-state index contributed by atoms with van der Waals surface area (Å²) < 4.78 is 12.7. The smallest absolute Gasteiger partial charge is 0.303 e. The SMILES string of the molecule is CC(CCCC(=O)O)NC(=O)c1ccc(F)cc1. The number of carboxylic acids is 1. The van der Waals surface area contributed by atoms with Crippen LogP contribution >= 0.6 is 0 Å². The predicted molar refractivity (Wildman–Crippen MR) is 64.8 cm³/mol. The molecule has 0 aliphatic carbocycles. The molecular weight excluding hydrogens is 237 g/mol. The van der Waals surface area contributed by atoms with E-state index in [-0.39, 0.29) is 24.2 Å². The summed E-state index contributed by atoms with van der Waals surface area (Å²) in [7, 11) is 0. The Balaban J connectivity index is 2.39. The van der Waals surface area contributed by atoms with Crippen LogP contribution < -0.4 is 5.32 Å². The third-order valence-electron chi connectivity index (χ3n) is 2.51. The highest BCUT2D eigenvalue weighted by molar-refractivity contribution is 5.94. The molecule has 0 bridgehead atoms. The molecule has 1 aromatic rings. The first-order valence-corrected chi connectivity index (χ1v) is 5.77. The zero-order valence-electron chi connectivity index (χ0n) is 10.1. The van der Waals surface area contributed by atoms with E-state index in [1.54, 1.807) is 0 Å². The number of amides is 1. The summed E-state index contributed by atoms with van der Waals surface area (Å²) in [5.74, 6) is -1.51. The lowest BCUT2D eigenvalue weighted by Crippen LogP contribution is -2.32. The molecule has 5 heteroatoms. The Labute approximate surface area is 105 Å². The Kier molecular flexibility index (Phi) is 5.30. The molecule has 0 saturated heterocycles. The minimum absolute atomic E-state index is 0.0940. The van der Waals surface area contributed by atoms with Gasteiger partial charge in [0.15, 0.2) is 0 Å². The summed E-state index contributed by atoms with van der Waals surface area (Å²) in [6, 6.07) is 5.17. The average Bonchev–Trinajstić information content (AvgIpc) is 2.29. The summed E-state index contributed by atoms with van der Waals surface area (Å²) in [5, 5.41) is 11.2. The van der Waals surface area contributed by atoms with Crippen LogP contribution in [-0.4, -0.2) is 23.0 Å². The molecular formula is C13H16FNO3. The first kappa shape index (κ1) is 14.2. The highest BCUT2D eigenvalue weighted by atomic mass is 19.1. The maximum absolute atomic E-state index is 12.7. The maximum atomic E-state index is 12.7. The standard InChI is InChI=1S/C13H16FNO3/c1-9(3-2-4-12(16)17)15-13(18)10-5-7-11(14)8-6-10/h5-9H,2-4H2,1H3,(H,15,18)(H,16,17). The van der Waals surface area contributed by atoms with Crippen LogP contribution in [0.2, 0.25) is 0 Å². The number of hydrogen-bond donors (Lipinski definition) is 2. The molecule has 0 radical (unpaired) electrons. The Bertz CT molecular complexity index is 417. The second-order valence-corrected chi connectivity index (χ2v) is 4.17. The van der Waals surface area contributed by atoms with Gasteiger partial charge in [0.1, 0.15) is 5.82 Å². The van der Waals surface area contributed by atoms with Gasteiger partial charge in [0.05, 0.1) is 0 Å². The second-order valence-electron chi connectivity index (χ2n) is 4.17. The Morgan fingerprint density at radius 1 is 1.33 bits per heavy atom. The zero-order valence-corrected chi connectivity index (χ0v) is 10.1. The molecule has 0 aromatic heterocycles. The second kappa shape index (κ2) is 6.74. The van der Waals surface area contributed by atoms with Crippen LogP contribution in [0.3, 0.4) is 0 Å². The number of carbonyl (C=O) groups excluding carboxylic acids is 1. The summed E-state index contributed by atoms with van der Waals surface area (Å²) in [6.45, 7) is 1.81. The van der Waals surface area contributed by atoms with E-state index in [9.17, 15) is 14.0 Å². The van der Waals surface area contributed by atoms with Gasteiger partial charge in [-0.15, -0.1) is 0 Å². The van der Waals surface area contributed by atoms with E-state index >= 15 is 0 Å². The Morgan fingerprint density at radius 2 is 1.94 bits per heavy atom. The molecule has 1 rings (SSSR count). The summed E-state index contributed by atoms with van der Waals surface area (Å²) in [5.41, 5.74) is 0.390. The summed E-state index contributed by atoms with van der Waals surface area (Å²) in [6.07, 6.45) is 1.20. The van der Waals surface area contributed by atoms with Gasteiger partial charge < -0.3 is 10.4 Å². The van der Waals surface area contributed by atoms with Gasteiger partial charge in [-0.2, -0.15) is 0 Å². The lowest BCUT2D eigenvalue weighted by molar-refractivity contribution is -0.137. The van der Waals surface area contributed by atoms with Crippen LogP contribution in [-0.2, 0) is 4.79 Å². The quantitative estimate of drug-likeness (QED) is 0.816. The zero-order chi connectivity index (χ0) is 13.5. The van der Waals surface area contributed by atoms with E-state index in [0.29, 0.717) is 18.4 Å². The van der Waals surface area contributed by atoms with Gasteiger partial charge in [-0.3, -0.25) is 9.59 Å². The van der Waals surface area contributed by atoms with Crippen molar-refractivity contribution in [3.8, 4) is 0 Å². The van der Waals surface area contributed by atoms with Crippen molar-refractivity contribution in [3.05, 3.63) is 35.6 Å². The molecule has 1 atom stereocenters. The number of aliphatic carboxylic acids is 1.